The zero-order valence-corrected chi connectivity index (χ0v) is 13.2. The highest BCUT2D eigenvalue weighted by atomic mass is 32.1. The predicted octanol–water partition coefficient (Wildman–Crippen LogP) is 4.46. The van der Waals surface area contributed by atoms with Gasteiger partial charge in [0, 0.05) is 25.7 Å². The van der Waals surface area contributed by atoms with Gasteiger partial charge < -0.3 is 4.90 Å². The van der Waals surface area contributed by atoms with Crippen LogP contribution in [-0.2, 0) is 0 Å². The average Bonchev–Trinajstić information content (AvgIpc) is 2.92. The van der Waals surface area contributed by atoms with Gasteiger partial charge in [0.25, 0.3) is 0 Å². The Hall–Kier alpha value is -1.61. The van der Waals surface area contributed by atoms with Crippen LogP contribution in [0.2, 0.25) is 0 Å². The second-order valence-electron chi connectivity index (χ2n) is 5.22. The molecule has 0 spiro atoms. The molecule has 0 radical (unpaired) electrons. The second kappa shape index (κ2) is 6.71. The summed E-state index contributed by atoms with van der Waals surface area (Å²) in [6, 6.07) is 10.3. The van der Waals surface area contributed by atoms with E-state index >= 15 is 0 Å². The third-order valence-electron chi connectivity index (χ3n) is 3.46. The molecule has 1 aromatic carbocycles. The zero-order chi connectivity index (χ0) is 14.5. The lowest BCUT2D eigenvalue weighted by atomic mass is 10.1. The number of ketones is 1. The molecule has 0 saturated carbocycles. The number of nitrogens with zero attached hydrogens (tertiary/aromatic N) is 1. The van der Waals surface area contributed by atoms with Crippen molar-refractivity contribution in [3.63, 3.8) is 0 Å². The van der Waals surface area contributed by atoms with Crippen molar-refractivity contribution in [2.75, 3.05) is 18.5 Å². The summed E-state index contributed by atoms with van der Waals surface area (Å²) in [5, 5.41) is 1.95. The van der Waals surface area contributed by atoms with Crippen molar-refractivity contribution >= 4 is 22.8 Å². The van der Waals surface area contributed by atoms with E-state index in [0.717, 1.165) is 17.8 Å². The van der Waals surface area contributed by atoms with Gasteiger partial charge in [-0.25, -0.2) is 0 Å². The number of anilines is 1. The molecule has 2 aromatic rings. The van der Waals surface area contributed by atoms with Gasteiger partial charge in [-0.05, 0) is 43.3 Å². The number of carbonyl (C=O) groups excluding carboxylic acids is 1. The van der Waals surface area contributed by atoms with Crippen LogP contribution in [0.1, 0.15) is 33.6 Å². The van der Waals surface area contributed by atoms with Gasteiger partial charge in [0.1, 0.15) is 0 Å². The van der Waals surface area contributed by atoms with E-state index in [1.807, 2.05) is 17.5 Å². The quantitative estimate of drug-likeness (QED) is 0.731. The number of Topliss-reactive ketones (excluding diaryl/α,β-unsaturated/α-hetero) is 1. The summed E-state index contributed by atoms with van der Waals surface area (Å²) < 4.78 is 0. The van der Waals surface area contributed by atoms with E-state index in [-0.39, 0.29) is 5.78 Å². The SMILES string of the molecule is Cc1ccc(N(C)CCCC(=O)c2cccs2)c(C)c1. The maximum atomic E-state index is 11.9. The third kappa shape index (κ3) is 3.70. The molecule has 0 N–H and O–H groups in total. The molecule has 0 bridgehead atoms. The minimum Gasteiger partial charge on any atom is -0.374 e. The molecule has 0 aliphatic heterocycles. The van der Waals surface area contributed by atoms with Crippen LogP contribution in [0.4, 0.5) is 5.69 Å². The normalized spacial score (nSPS) is 10.6. The number of carbonyl (C=O) groups is 1. The lowest BCUT2D eigenvalue weighted by molar-refractivity contribution is 0.0984. The van der Waals surface area contributed by atoms with E-state index in [1.165, 1.54) is 28.2 Å². The van der Waals surface area contributed by atoms with Crippen molar-refractivity contribution in [3.8, 4) is 0 Å². The van der Waals surface area contributed by atoms with Crippen LogP contribution in [-0.4, -0.2) is 19.4 Å². The first-order valence-corrected chi connectivity index (χ1v) is 7.81. The first kappa shape index (κ1) is 14.8. The van der Waals surface area contributed by atoms with Gasteiger partial charge >= 0.3 is 0 Å². The van der Waals surface area contributed by atoms with Crippen LogP contribution in [0.15, 0.2) is 35.7 Å². The fourth-order valence-corrected chi connectivity index (χ4v) is 3.09. The summed E-state index contributed by atoms with van der Waals surface area (Å²) >= 11 is 1.53. The molecular weight excluding hydrogens is 266 g/mol. The predicted molar refractivity (Wildman–Crippen MR) is 87.1 cm³/mol. The summed E-state index contributed by atoms with van der Waals surface area (Å²) in [5.74, 6) is 0.258. The smallest absolute Gasteiger partial charge is 0.172 e. The Morgan fingerprint density at radius 2 is 2.05 bits per heavy atom. The van der Waals surface area contributed by atoms with Crippen molar-refractivity contribution in [2.45, 2.75) is 26.7 Å². The fourth-order valence-electron chi connectivity index (χ4n) is 2.39. The molecule has 2 nitrogen and oxygen atoms in total. The van der Waals surface area contributed by atoms with Gasteiger partial charge in [-0.2, -0.15) is 0 Å². The number of hydrogen-bond donors (Lipinski definition) is 0. The molecule has 0 unspecified atom stereocenters. The summed E-state index contributed by atoms with van der Waals surface area (Å²) in [6.07, 6.45) is 1.51. The first-order valence-electron chi connectivity index (χ1n) is 6.93. The van der Waals surface area contributed by atoms with Crippen molar-refractivity contribution in [1.82, 2.24) is 0 Å². The van der Waals surface area contributed by atoms with Crippen molar-refractivity contribution in [3.05, 3.63) is 51.7 Å². The maximum Gasteiger partial charge on any atom is 0.172 e. The van der Waals surface area contributed by atoms with Gasteiger partial charge in [0.15, 0.2) is 5.78 Å². The van der Waals surface area contributed by atoms with E-state index in [2.05, 4.69) is 44.0 Å². The standard InChI is InChI=1S/C17H21NOS/c1-13-8-9-15(14(2)12-13)18(3)10-4-6-16(19)17-7-5-11-20-17/h5,7-9,11-12H,4,6,10H2,1-3H3. The summed E-state index contributed by atoms with van der Waals surface area (Å²) in [7, 11) is 2.09. The summed E-state index contributed by atoms with van der Waals surface area (Å²) in [4.78, 5) is 15.0. The first-order chi connectivity index (χ1) is 9.58. The molecule has 0 amide bonds. The van der Waals surface area contributed by atoms with Crippen molar-refractivity contribution in [2.24, 2.45) is 0 Å². The van der Waals surface area contributed by atoms with E-state index < -0.39 is 0 Å². The van der Waals surface area contributed by atoms with Gasteiger partial charge in [-0.1, -0.05) is 23.8 Å². The minimum absolute atomic E-state index is 0.258. The van der Waals surface area contributed by atoms with Crippen LogP contribution in [0, 0.1) is 13.8 Å². The van der Waals surface area contributed by atoms with Crippen LogP contribution < -0.4 is 4.90 Å². The van der Waals surface area contributed by atoms with Gasteiger partial charge in [0.05, 0.1) is 4.88 Å². The molecule has 106 valence electrons. The molecule has 0 saturated heterocycles. The molecule has 0 fully saturated rings. The summed E-state index contributed by atoms with van der Waals surface area (Å²) in [6.45, 7) is 5.15. The molecule has 0 atom stereocenters. The Bertz CT molecular complexity index is 575. The number of rotatable bonds is 6. The van der Waals surface area contributed by atoms with Crippen LogP contribution in [0.3, 0.4) is 0 Å². The van der Waals surface area contributed by atoms with Crippen LogP contribution in [0.5, 0.6) is 0 Å². The molecule has 0 aliphatic rings. The Balaban J connectivity index is 1.86. The third-order valence-corrected chi connectivity index (χ3v) is 4.37. The number of benzene rings is 1. The number of aryl methyl sites for hydroxylation is 2. The average molecular weight is 287 g/mol. The van der Waals surface area contributed by atoms with Gasteiger partial charge in [-0.15, -0.1) is 11.3 Å². The maximum absolute atomic E-state index is 11.9. The zero-order valence-electron chi connectivity index (χ0n) is 12.3. The lowest BCUT2D eigenvalue weighted by Gasteiger charge is -2.21. The van der Waals surface area contributed by atoms with E-state index in [1.54, 1.807) is 0 Å². The topological polar surface area (TPSA) is 20.3 Å². The molecule has 0 aliphatic carbocycles. The number of thiophene rings is 1. The molecule has 1 heterocycles. The van der Waals surface area contributed by atoms with E-state index in [4.69, 9.17) is 0 Å². The van der Waals surface area contributed by atoms with Crippen LogP contribution in [0.25, 0.3) is 0 Å². The van der Waals surface area contributed by atoms with Crippen molar-refractivity contribution in [1.29, 1.82) is 0 Å². The number of hydrogen-bond acceptors (Lipinski definition) is 3. The van der Waals surface area contributed by atoms with E-state index in [9.17, 15) is 4.79 Å². The molecule has 20 heavy (non-hydrogen) atoms. The van der Waals surface area contributed by atoms with Gasteiger partial charge in [0.2, 0.25) is 0 Å². The Morgan fingerprint density at radius 3 is 2.70 bits per heavy atom. The fraction of sp³-hybridized carbons (Fsp3) is 0.353. The van der Waals surface area contributed by atoms with Crippen LogP contribution >= 0.6 is 11.3 Å². The van der Waals surface area contributed by atoms with Gasteiger partial charge in [-0.3, -0.25) is 4.79 Å². The van der Waals surface area contributed by atoms with E-state index in [0.29, 0.717) is 6.42 Å². The molecule has 1 aromatic heterocycles. The summed E-state index contributed by atoms with van der Waals surface area (Å²) in [5.41, 5.74) is 3.82. The lowest BCUT2D eigenvalue weighted by Crippen LogP contribution is -2.20. The Morgan fingerprint density at radius 1 is 1.25 bits per heavy atom. The monoisotopic (exact) mass is 287 g/mol. The minimum atomic E-state index is 0.258. The highest BCUT2D eigenvalue weighted by Crippen LogP contribution is 2.20. The second-order valence-corrected chi connectivity index (χ2v) is 6.16. The molecular formula is C17H21NOS. The Kier molecular flexibility index (Phi) is 4.96. The largest absolute Gasteiger partial charge is 0.374 e. The van der Waals surface area contributed by atoms with Crippen molar-refractivity contribution < 1.29 is 4.79 Å². The highest BCUT2D eigenvalue weighted by molar-refractivity contribution is 7.12. The Labute approximate surface area is 125 Å². The molecule has 2 rings (SSSR count). The molecule has 3 heteroatoms. The highest BCUT2D eigenvalue weighted by Gasteiger charge is 2.08.